The van der Waals surface area contributed by atoms with Crippen LogP contribution in [0.15, 0.2) is 164 Å². The molecule has 0 saturated carbocycles. The Hall–Kier alpha value is -6.43. The van der Waals surface area contributed by atoms with Gasteiger partial charge in [0.2, 0.25) is 0 Å². The molecule has 5 heteroatoms. The molecule has 7 aromatic carbocycles. The molecule has 0 aliphatic rings. The van der Waals surface area contributed by atoms with E-state index in [1.54, 1.807) is 11.3 Å². The largest absolute Gasteiger partial charge is 0.354 e. The number of rotatable bonds is 5. The lowest BCUT2D eigenvalue weighted by Gasteiger charge is -2.13. The van der Waals surface area contributed by atoms with Crippen molar-refractivity contribution in [3.8, 4) is 56.4 Å². The van der Waals surface area contributed by atoms with E-state index in [0.29, 0.717) is 17.5 Å². The Balaban J connectivity index is 1.15. The number of thiophene rings is 1. The van der Waals surface area contributed by atoms with Gasteiger partial charge in [0, 0.05) is 58.7 Å². The fourth-order valence-electron chi connectivity index (χ4n) is 7.02. The van der Waals surface area contributed by atoms with Gasteiger partial charge in [0.15, 0.2) is 17.5 Å². The average Bonchev–Trinajstić information content (AvgIpc) is 3.76. The van der Waals surface area contributed by atoms with Gasteiger partial charge in [-0.3, -0.25) is 0 Å². The summed E-state index contributed by atoms with van der Waals surface area (Å²) >= 11 is 1.80. The second-order valence-electron chi connectivity index (χ2n) is 12.5. The first-order chi connectivity index (χ1) is 24.7. The normalized spacial score (nSPS) is 11.6. The third-order valence-electron chi connectivity index (χ3n) is 9.51. The molecule has 10 rings (SSSR count). The van der Waals surface area contributed by atoms with Crippen LogP contribution in [-0.2, 0) is 0 Å². The summed E-state index contributed by atoms with van der Waals surface area (Å²) < 4.78 is 2.49. The highest BCUT2D eigenvalue weighted by molar-refractivity contribution is 7.25. The number of hydrogen-bond donors (Lipinski definition) is 1. The molecule has 4 nitrogen and oxygen atoms in total. The Labute approximate surface area is 292 Å². The van der Waals surface area contributed by atoms with E-state index in [1.165, 1.54) is 42.1 Å². The lowest BCUT2D eigenvalue weighted by atomic mass is 9.96. The first-order valence-corrected chi connectivity index (χ1v) is 17.5. The fourth-order valence-corrected chi connectivity index (χ4v) is 8.16. The van der Waals surface area contributed by atoms with Crippen LogP contribution >= 0.6 is 11.3 Å². The van der Waals surface area contributed by atoms with E-state index < -0.39 is 0 Å². The van der Waals surface area contributed by atoms with Crippen molar-refractivity contribution in [1.29, 1.82) is 0 Å². The first kappa shape index (κ1) is 28.6. The summed E-state index contributed by atoms with van der Waals surface area (Å²) in [7, 11) is 0. The lowest BCUT2D eigenvalue weighted by Crippen LogP contribution is -2.01. The van der Waals surface area contributed by atoms with E-state index >= 15 is 0 Å². The van der Waals surface area contributed by atoms with Crippen LogP contribution in [0.2, 0.25) is 0 Å². The molecule has 0 amide bonds. The van der Waals surface area contributed by atoms with E-state index in [-0.39, 0.29) is 0 Å². The van der Waals surface area contributed by atoms with Crippen LogP contribution < -0.4 is 0 Å². The first-order valence-electron chi connectivity index (χ1n) is 16.7. The number of para-hydroxylation sites is 1. The Morgan fingerprint density at radius 3 is 1.70 bits per heavy atom. The minimum Gasteiger partial charge on any atom is -0.354 e. The van der Waals surface area contributed by atoms with Crippen LogP contribution in [0, 0.1) is 0 Å². The zero-order valence-electron chi connectivity index (χ0n) is 26.8. The smallest absolute Gasteiger partial charge is 0.164 e. The third kappa shape index (κ3) is 4.87. The van der Waals surface area contributed by atoms with Crippen molar-refractivity contribution in [2.75, 3.05) is 0 Å². The highest BCUT2D eigenvalue weighted by Crippen LogP contribution is 2.38. The topological polar surface area (TPSA) is 54.5 Å². The van der Waals surface area contributed by atoms with Gasteiger partial charge in [-0.1, -0.05) is 140 Å². The molecule has 0 unspecified atom stereocenters. The van der Waals surface area contributed by atoms with Gasteiger partial charge in [0.1, 0.15) is 0 Å². The number of H-pyrrole nitrogens is 1. The SMILES string of the molecule is c1ccc(-c2ccc(-c3ccccc3-c3nc(-c4ccc5c(c4)[nH]c4ccccc45)nc(-c4ccc5c(c4)sc4ccccc45)n3)cc2)cc1. The highest BCUT2D eigenvalue weighted by atomic mass is 32.1. The average molecular weight is 657 g/mol. The van der Waals surface area contributed by atoms with Gasteiger partial charge in [0.05, 0.1) is 0 Å². The molecule has 0 aliphatic heterocycles. The number of nitrogens with zero attached hydrogens (tertiary/aromatic N) is 3. The van der Waals surface area contributed by atoms with Crippen LogP contribution in [0.4, 0.5) is 0 Å². The maximum Gasteiger partial charge on any atom is 0.164 e. The molecule has 234 valence electrons. The molecule has 1 N–H and O–H groups in total. The maximum absolute atomic E-state index is 5.18. The number of aromatic amines is 1. The minimum absolute atomic E-state index is 0.635. The van der Waals surface area contributed by atoms with Crippen molar-refractivity contribution in [1.82, 2.24) is 19.9 Å². The molecule has 3 aromatic heterocycles. The van der Waals surface area contributed by atoms with Gasteiger partial charge in [0.25, 0.3) is 0 Å². The van der Waals surface area contributed by atoms with Gasteiger partial charge in [-0.2, -0.15) is 0 Å². The quantitative estimate of drug-likeness (QED) is 0.201. The van der Waals surface area contributed by atoms with Crippen molar-refractivity contribution in [3.63, 3.8) is 0 Å². The number of aromatic nitrogens is 4. The highest BCUT2D eigenvalue weighted by Gasteiger charge is 2.17. The molecule has 10 aromatic rings. The molecule has 3 heterocycles. The van der Waals surface area contributed by atoms with E-state index in [1.807, 2.05) is 6.07 Å². The third-order valence-corrected chi connectivity index (χ3v) is 10.6. The molecule has 0 aliphatic carbocycles. The Bertz CT molecular complexity index is 2740. The number of benzene rings is 7. The summed E-state index contributed by atoms with van der Waals surface area (Å²) in [5.41, 5.74) is 9.57. The van der Waals surface area contributed by atoms with Crippen molar-refractivity contribution in [2.24, 2.45) is 0 Å². The lowest BCUT2D eigenvalue weighted by molar-refractivity contribution is 1.08. The zero-order chi connectivity index (χ0) is 33.0. The van der Waals surface area contributed by atoms with Crippen molar-refractivity contribution >= 4 is 53.3 Å². The molecule has 0 atom stereocenters. The second kappa shape index (κ2) is 11.6. The Kier molecular flexibility index (Phi) is 6.64. The maximum atomic E-state index is 5.18. The molecule has 0 spiro atoms. The van der Waals surface area contributed by atoms with Crippen LogP contribution in [0.3, 0.4) is 0 Å². The summed E-state index contributed by atoms with van der Waals surface area (Å²) in [4.78, 5) is 19.1. The Morgan fingerprint density at radius 2 is 0.880 bits per heavy atom. The number of hydrogen-bond acceptors (Lipinski definition) is 4. The van der Waals surface area contributed by atoms with Crippen molar-refractivity contribution in [3.05, 3.63) is 164 Å². The van der Waals surface area contributed by atoms with Crippen molar-refractivity contribution < 1.29 is 0 Å². The molecule has 0 radical (unpaired) electrons. The number of fused-ring (bicyclic) bond motifs is 6. The molecule has 0 saturated heterocycles. The predicted octanol–water partition coefficient (Wildman–Crippen LogP) is 12.2. The van der Waals surface area contributed by atoms with Gasteiger partial charge in [-0.15, -0.1) is 11.3 Å². The summed E-state index contributed by atoms with van der Waals surface area (Å²) in [6.45, 7) is 0. The van der Waals surface area contributed by atoms with E-state index in [9.17, 15) is 0 Å². The summed E-state index contributed by atoms with van der Waals surface area (Å²) in [5, 5.41) is 4.90. The minimum atomic E-state index is 0.635. The van der Waals surface area contributed by atoms with E-state index in [4.69, 9.17) is 15.0 Å². The number of nitrogens with one attached hydrogen (secondary N) is 1. The van der Waals surface area contributed by atoms with Crippen LogP contribution in [0.1, 0.15) is 0 Å². The van der Waals surface area contributed by atoms with Gasteiger partial charge >= 0.3 is 0 Å². The van der Waals surface area contributed by atoms with E-state index in [2.05, 4.69) is 163 Å². The van der Waals surface area contributed by atoms with Gasteiger partial charge < -0.3 is 4.98 Å². The zero-order valence-corrected chi connectivity index (χ0v) is 27.7. The van der Waals surface area contributed by atoms with Crippen molar-refractivity contribution in [2.45, 2.75) is 0 Å². The summed E-state index contributed by atoms with van der Waals surface area (Å²) in [6.07, 6.45) is 0. The molecule has 50 heavy (non-hydrogen) atoms. The Morgan fingerprint density at radius 1 is 0.340 bits per heavy atom. The molecule has 0 bridgehead atoms. The van der Waals surface area contributed by atoms with Gasteiger partial charge in [-0.25, -0.2) is 15.0 Å². The summed E-state index contributed by atoms with van der Waals surface area (Å²) in [6, 6.07) is 57.6. The molecular formula is C45H28N4S. The monoisotopic (exact) mass is 656 g/mol. The van der Waals surface area contributed by atoms with Crippen LogP contribution in [-0.4, -0.2) is 19.9 Å². The second-order valence-corrected chi connectivity index (χ2v) is 13.6. The standard InChI is InChI=1S/C45H28N4S/c1-2-10-28(11-3-1)29-18-20-30(21-19-29)33-12-4-5-15-38(33)45-48-43(31-22-24-35-34-13-6-8-16-39(34)46-40(35)26-31)47-44(49-45)32-23-25-37-36-14-7-9-17-41(36)50-42(37)27-32/h1-27,46H. The molecular weight excluding hydrogens is 629 g/mol. The fraction of sp³-hybridized carbons (Fsp3) is 0. The van der Waals surface area contributed by atoms with Crippen LogP contribution in [0.5, 0.6) is 0 Å². The molecule has 0 fully saturated rings. The predicted molar refractivity (Wildman–Crippen MR) is 209 cm³/mol. The van der Waals surface area contributed by atoms with Crippen LogP contribution in [0.25, 0.3) is 98.4 Å². The van der Waals surface area contributed by atoms with E-state index in [0.717, 1.165) is 38.9 Å². The summed E-state index contributed by atoms with van der Waals surface area (Å²) in [5.74, 6) is 1.92. The van der Waals surface area contributed by atoms with Gasteiger partial charge in [-0.05, 0) is 46.5 Å².